The van der Waals surface area contributed by atoms with Crippen LogP contribution >= 0.6 is 0 Å². The standard InChI is InChI=1S/C22H27NO3/c1-3-5-12-23(13-6-4-2)22(24)11-10-17-8-7-9-18-14-20-21(15-19(17)18)26-16-25-20/h7-11,14-15H,3-6,12-13,16H2,1-2H3/b11-10+. The summed E-state index contributed by atoms with van der Waals surface area (Å²) in [5.74, 6) is 1.63. The summed E-state index contributed by atoms with van der Waals surface area (Å²) in [6.45, 7) is 6.22. The number of carbonyl (C=O) groups is 1. The Bertz CT molecular complexity index is 789. The maximum absolute atomic E-state index is 12.6. The van der Waals surface area contributed by atoms with E-state index in [4.69, 9.17) is 9.47 Å². The average molecular weight is 353 g/mol. The zero-order valence-electron chi connectivity index (χ0n) is 15.7. The maximum atomic E-state index is 12.6. The highest BCUT2D eigenvalue weighted by molar-refractivity contribution is 5.97. The molecule has 1 amide bonds. The lowest BCUT2D eigenvalue weighted by atomic mass is 10.0. The quantitative estimate of drug-likeness (QED) is 0.626. The molecular formula is C22H27NO3. The van der Waals surface area contributed by atoms with Gasteiger partial charge >= 0.3 is 0 Å². The van der Waals surface area contributed by atoms with Gasteiger partial charge in [0.2, 0.25) is 12.7 Å². The molecule has 0 bridgehead atoms. The lowest BCUT2D eigenvalue weighted by molar-refractivity contribution is -0.126. The van der Waals surface area contributed by atoms with Crippen LogP contribution in [0.2, 0.25) is 0 Å². The molecule has 1 aliphatic heterocycles. The third kappa shape index (κ3) is 4.18. The van der Waals surface area contributed by atoms with Gasteiger partial charge < -0.3 is 14.4 Å². The fourth-order valence-electron chi connectivity index (χ4n) is 3.13. The summed E-state index contributed by atoms with van der Waals surface area (Å²) in [6, 6.07) is 10.1. The first-order valence-corrected chi connectivity index (χ1v) is 9.52. The molecule has 0 saturated heterocycles. The number of amides is 1. The van der Waals surface area contributed by atoms with E-state index in [0.717, 1.165) is 66.6 Å². The summed E-state index contributed by atoms with van der Waals surface area (Å²) in [5, 5.41) is 2.15. The van der Waals surface area contributed by atoms with Crippen LogP contribution in [-0.2, 0) is 4.79 Å². The minimum atomic E-state index is 0.0876. The summed E-state index contributed by atoms with van der Waals surface area (Å²) in [4.78, 5) is 14.6. The van der Waals surface area contributed by atoms with Crippen molar-refractivity contribution in [2.75, 3.05) is 19.9 Å². The molecule has 0 unspecified atom stereocenters. The van der Waals surface area contributed by atoms with Crippen molar-refractivity contribution in [2.45, 2.75) is 39.5 Å². The highest BCUT2D eigenvalue weighted by atomic mass is 16.7. The Morgan fingerprint density at radius 1 is 1.08 bits per heavy atom. The van der Waals surface area contributed by atoms with E-state index in [1.807, 2.05) is 41.3 Å². The number of ether oxygens (including phenoxy) is 2. The van der Waals surface area contributed by atoms with Crippen molar-refractivity contribution in [2.24, 2.45) is 0 Å². The lowest BCUT2D eigenvalue weighted by Gasteiger charge is -2.20. The van der Waals surface area contributed by atoms with Crippen LogP contribution in [0.25, 0.3) is 16.8 Å². The van der Waals surface area contributed by atoms with E-state index in [-0.39, 0.29) is 12.7 Å². The Kier molecular flexibility index (Phi) is 6.16. The largest absolute Gasteiger partial charge is 0.454 e. The Morgan fingerprint density at radius 3 is 2.46 bits per heavy atom. The van der Waals surface area contributed by atoms with Crippen molar-refractivity contribution in [1.82, 2.24) is 4.90 Å². The summed E-state index contributed by atoms with van der Waals surface area (Å²) in [5.41, 5.74) is 1.01. The summed E-state index contributed by atoms with van der Waals surface area (Å²) < 4.78 is 10.9. The smallest absolute Gasteiger partial charge is 0.246 e. The first-order valence-electron chi connectivity index (χ1n) is 9.52. The number of carbonyl (C=O) groups excluding carboxylic acids is 1. The molecule has 0 spiro atoms. The van der Waals surface area contributed by atoms with Gasteiger partial charge in [0.15, 0.2) is 11.5 Å². The second-order valence-corrected chi connectivity index (χ2v) is 6.64. The van der Waals surface area contributed by atoms with Crippen molar-refractivity contribution >= 4 is 22.8 Å². The summed E-state index contributed by atoms with van der Waals surface area (Å²) >= 11 is 0. The topological polar surface area (TPSA) is 38.8 Å². The minimum Gasteiger partial charge on any atom is -0.454 e. The van der Waals surface area contributed by atoms with E-state index >= 15 is 0 Å². The Labute approximate surface area is 155 Å². The van der Waals surface area contributed by atoms with Gasteiger partial charge in [-0.1, -0.05) is 44.9 Å². The molecule has 0 aromatic heterocycles. The number of fused-ring (bicyclic) bond motifs is 2. The molecule has 1 heterocycles. The first kappa shape index (κ1) is 18.3. The molecule has 0 fully saturated rings. The zero-order valence-corrected chi connectivity index (χ0v) is 15.7. The number of hydrogen-bond donors (Lipinski definition) is 0. The monoisotopic (exact) mass is 353 g/mol. The molecule has 0 saturated carbocycles. The second-order valence-electron chi connectivity index (χ2n) is 6.64. The van der Waals surface area contributed by atoms with E-state index in [0.29, 0.717) is 0 Å². The number of benzene rings is 2. The van der Waals surface area contributed by atoms with Gasteiger partial charge in [-0.25, -0.2) is 0 Å². The van der Waals surface area contributed by atoms with E-state index in [1.165, 1.54) is 0 Å². The van der Waals surface area contributed by atoms with Crippen molar-refractivity contribution in [3.05, 3.63) is 42.0 Å². The first-order chi connectivity index (χ1) is 12.7. The molecule has 0 radical (unpaired) electrons. The van der Waals surface area contributed by atoms with Crippen LogP contribution in [0.15, 0.2) is 36.4 Å². The van der Waals surface area contributed by atoms with Crippen LogP contribution in [0.4, 0.5) is 0 Å². The molecule has 2 aromatic rings. The molecule has 138 valence electrons. The van der Waals surface area contributed by atoms with Crippen molar-refractivity contribution in [1.29, 1.82) is 0 Å². The number of unbranched alkanes of at least 4 members (excludes halogenated alkanes) is 2. The second kappa shape index (κ2) is 8.75. The van der Waals surface area contributed by atoms with E-state index < -0.39 is 0 Å². The summed E-state index contributed by atoms with van der Waals surface area (Å²) in [7, 11) is 0. The molecule has 0 N–H and O–H groups in total. The van der Waals surface area contributed by atoms with Gasteiger partial charge in [0, 0.05) is 19.2 Å². The number of nitrogens with zero attached hydrogens (tertiary/aromatic N) is 1. The Balaban J connectivity index is 1.81. The Hall–Kier alpha value is -2.49. The molecule has 0 aliphatic carbocycles. The Morgan fingerprint density at radius 2 is 1.77 bits per heavy atom. The van der Waals surface area contributed by atoms with E-state index in [2.05, 4.69) is 13.8 Å². The third-order valence-electron chi connectivity index (χ3n) is 4.69. The zero-order chi connectivity index (χ0) is 18.4. The van der Waals surface area contributed by atoms with Gasteiger partial charge in [-0.15, -0.1) is 0 Å². The van der Waals surface area contributed by atoms with Crippen LogP contribution in [-0.4, -0.2) is 30.7 Å². The SMILES string of the molecule is CCCCN(CCCC)C(=O)/C=C/c1cccc2cc3c(cc12)OCO3. The molecular weight excluding hydrogens is 326 g/mol. The molecule has 26 heavy (non-hydrogen) atoms. The highest BCUT2D eigenvalue weighted by Crippen LogP contribution is 2.37. The van der Waals surface area contributed by atoms with Crippen LogP contribution in [0.3, 0.4) is 0 Å². The lowest BCUT2D eigenvalue weighted by Crippen LogP contribution is -2.31. The van der Waals surface area contributed by atoms with Gasteiger partial charge in [-0.05, 0) is 47.4 Å². The fraction of sp³-hybridized carbons (Fsp3) is 0.409. The van der Waals surface area contributed by atoms with Crippen LogP contribution in [0.1, 0.15) is 45.1 Å². The van der Waals surface area contributed by atoms with Crippen LogP contribution in [0, 0.1) is 0 Å². The van der Waals surface area contributed by atoms with Crippen LogP contribution in [0.5, 0.6) is 11.5 Å². The normalized spacial score (nSPS) is 12.8. The number of hydrogen-bond acceptors (Lipinski definition) is 3. The summed E-state index contributed by atoms with van der Waals surface area (Å²) in [6.07, 6.45) is 7.89. The molecule has 1 aliphatic rings. The van der Waals surface area contributed by atoms with Crippen molar-refractivity contribution in [3.8, 4) is 11.5 Å². The fourth-order valence-corrected chi connectivity index (χ4v) is 3.13. The molecule has 3 rings (SSSR count). The number of rotatable bonds is 8. The third-order valence-corrected chi connectivity index (χ3v) is 4.69. The molecule has 0 atom stereocenters. The minimum absolute atomic E-state index is 0.0876. The van der Waals surface area contributed by atoms with Gasteiger partial charge in [0.25, 0.3) is 0 Å². The van der Waals surface area contributed by atoms with Gasteiger partial charge in [0.1, 0.15) is 0 Å². The predicted molar refractivity (Wildman–Crippen MR) is 106 cm³/mol. The van der Waals surface area contributed by atoms with E-state index in [1.54, 1.807) is 6.08 Å². The van der Waals surface area contributed by atoms with Gasteiger partial charge in [-0.3, -0.25) is 4.79 Å². The van der Waals surface area contributed by atoms with E-state index in [9.17, 15) is 4.79 Å². The maximum Gasteiger partial charge on any atom is 0.246 e. The van der Waals surface area contributed by atoms with Crippen molar-refractivity contribution in [3.63, 3.8) is 0 Å². The van der Waals surface area contributed by atoms with Gasteiger partial charge in [0.05, 0.1) is 0 Å². The molecule has 2 aromatic carbocycles. The highest BCUT2D eigenvalue weighted by Gasteiger charge is 2.15. The molecule has 4 nitrogen and oxygen atoms in total. The van der Waals surface area contributed by atoms with Crippen molar-refractivity contribution < 1.29 is 14.3 Å². The van der Waals surface area contributed by atoms with Gasteiger partial charge in [-0.2, -0.15) is 0 Å². The van der Waals surface area contributed by atoms with Crippen LogP contribution < -0.4 is 9.47 Å². The average Bonchev–Trinajstić information content (AvgIpc) is 3.11. The molecule has 4 heteroatoms. The predicted octanol–water partition coefficient (Wildman–Crippen LogP) is 5.01.